The number of benzene rings is 1. The van der Waals surface area contributed by atoms with Gasteiger partial charge in [0.2, 0.25) is 10.0 Å². The fraction of sp³-hybridized carbons (Fsp3) is 0.538. The van der Waals surface area contributed by atoms with Gasteiger partial charge in [0.15, 0.2) is 0 Å². The van der Waals surface area contributed by atoms with E-state index in [0.29, 0.717) is 25.3 Å². The smallest absolute Gasteiger partial charge is 0.208 e. The van der Waals surface area contributed by atoms with Gasteiger partial charge in [0, 0.05) is 25.6 Å². The molecule has 2 atom stereocenters. The van der Waals surface area contributed by atoms with Crippen LogP contribution in [0.3, 0.4) is 0 Å². The molecular weight excluding hydrogens is 319 g/mol. The number of rotatable bonds is 4. The van der Waals surface area contributed by atoms with Crippen LogP contribution < -0.4 is 10.0 Å². The van der Waals surface area contributed by atoms with Gasteiger partial charge in [-0.25, -0.2) is 17.5 Å². The highest BCUT2D eigenvalue weighted by molar-refractivity contribution is 7.88. The van der Waals surface area contributed by atoms with E-state index in [1.165, 1.54) is 12.1 Å². The predicted molar refractivity (Wildman–Crippen MR) is 79.3 cm³/mol. The van der Waals surface area contributed by atoms with Crippen molar-refractivity contribution in [1.82, 2.24) is 10.0 Å². The highest BCUT2D eigenvalue weighted by Gasteiger charge is 2.27. The van der Waals surface area contributed by atoms with Crippen molar-refractivity contribution in [1.29, 1.82) is 0 Å². The van der Waals surface area contributed by atoms with Crippen molar-refractivity contribution < 1.29 is 17.5 Å². The lowest BCUT2D eigenvalue weighted by atomic mass is 9.95. The van der Waals surface area contributed by atoms with Crippen molar-refractivity contribution in [3.63, 3.8) is 0 Å². The van der Waals surface area contributed by atoms with Gasteiger partial charge in [-0.1, -0.05) is 17.7 Å². The van der Waals surface area contributed by atoms with Gasteiger partial charge in [0.1, 0.15) is 5.82 Å². The van der Waals surface area contributed by atoms with E-state index in [0.717, 1.165) is 6.26 Å². The molecule has 0 radical (unpaired) electrons. The minimum Gasteiger partial charge on any atom is -0.372 e. The molecule has 1 aromatic rings. The summed E-state index contributed by atoms with van der Waals surface area (Å²) in [6, 6.07) is 4.52. The van der Waals surface area contributed by atoms with Gasteiger partial charge in [-0.3, -0.25) is 0 Å². The van der Waals surface area contributed by atoms with Crippen LogP contribution in [0.5, 0.6) is 0 Å². The van der Waals surface area contributed by atoms with E-state index in [9.17, 15) is 12.8 Å². The molecule has 0 aliphatic carbocycles. The molecule has 5 nitrogen and oxygen atoms in total. The molecular formula is C13H18ClFN2O3S. The number of hydrogen-bond donors (Lipinski definition) is 2. The number of halogens is 2. The quantitative estimate of drug-likeness (QED) is 0.870. The molecule has 0 bridgehead atoms. The highest BCUT2D eigenvalue weighted by atomic mass is 35.5. The molecule has 1 aliphatic heterocycles. The van der Waals surface area contributed by atoms with Crippen molar-refractivity contribution in [2.45, 2.75) is 6.10 Å². The normalized spacial score (nSPS) is 23.8. The maximum atomic E-state index is 13.6. The zero-order valence-corrected chi connectivity index (χ0v) is 13.2. The van der Waals surface area contributed by atoms with Gasteiger partial charge < -0.3 is 10.1 Å². The molecule has 1 aromatic carbocycles. The molecule has 2 rings (SSSR count). The molecule has 118 valence electrons. The van der Waals surface area contributed by atoms with Gasteiger partial charge in [-0.15, -0.1) is 0 Å². The van der Waals surface area contributed by atoms with Crippen molar-refractivity contribution >= 4 is 21.6 Å². The highest BCUT2D eigenvalue weighted by Crippen LogP contribution is 2.29. The largest absolute Gasteiger partial charge is 0.372 e. The van der Waals surface area contributed by atoms with Crippen molar-refractivity contribution in [3.8, 4) is 0 Å². The third kappa shape index (κ3) is 4.89. The second-order valence-corrected chi connectivity index (χ2v) is 7.29. The van der Waals surface area contributed by atoms with E-state index in [4.69, 9.17) is 16.3 Å². The fourth-order valence-corrected chi connectivity index (χ4v) is 2.92. The van der Waals surface area contributed by atoms with E-state index >= 15 is 0 Å². The Morgan fingerprint density at radius 3 is 2.95 bits per heavy atom. The summed E-state index contributed by atoms with van der Waals surface area (Å²) >= 11 is 5.69. The fourth-order valence-electron chi connectivity index (χ4n) is 2.28. The molecule has 1 heterocycles. The summed E-state index contributed by atoms with van der Waals surface area (Å²) in [5, 5.41) is 3.23. The second kappa shape index (κ2) is 7.02. The van der Waals surface area contributed by atoms with Crippen LogP contribution >= 0.6 is 11.6 Å². The zero-order chi connectivity index (χ0) is 15.5. The Hall–Kier alpha value is -0.730. The molecule has 0 saturated carbocycles. The maximum absolute atomic E-state index is 13.6. The lowest BCUT2D eigenvalue weighted by Gasteiger charge is -2.25. The van der Waals surface area contributed by atoms with Gasteiger partial charge in [0.05, 0.1) is 24.0 Å². The minimum absolute atomic E-state index is 0.0521. The SMILES string of the molecule is CS(=O)(=O)NCC1CNCCOC1c1ccc(Cl)c(F)c1. The average molecular weight is 337 g/mol. The van der Waals surface area contributed by atoms with Crippen LogP contribution in [0.25, 0.3) is 0 Å². The van der Waals surface area contributed by atoms with Crippen LogP contribution in [0.2, 0.25) is 5.02 Å². The van der Waals surface area contributed by atoms with Crippen LogP contribution in [0, 0.1) is 11.7 Å². The number of sulfonamides is 1. The molecule has 8 heteroatoms. The first-order valence-corrected chi connectivity index (χ1v) is 8.85. The lowest BCUT2D eigenvalue weighted by Crippen LogP contribution is -2.36. The van der Waals surface area contributed by atoms with Gasteiger partial charge in [-0.05, 0) is 17.7 Å². The lowest BCUT2D eigenvalue weighted by molar-refractivity contribution is 0.0320. The van der Waals surface area contributed by atoms with E-state index in [-0.39, 0.29) is 23.6 Å². The van der Waals surface area contributed by atoms with Crippen LogP contribution in [0.4, 0.5) is 4.39 Å². The summed E-state index contributed by atoms with van der Waals surface area (Å²) in [5.74, 6) is -0.646. The monoisotopic (exact) mass is 336 g/mol. The molecule has 0 amide bonds. The molecule has 1 saturated heterocycles. The van der Waals surface area contributed by atoms with Gasteiger partial charge in [0.25, 0.3) is 0 Å². The average Bonchev–Trinajstić information content (AvgIpc) is 2.64. The summed E-state index contributed by atoms with van der Waals surface area (Å²) < 4.78 is 44.4. The Morgan fingerprint density at radius 2 is 2.29 bits per heavy atom. The number of hydrogen-bond acceptors (Lipinski definition) is 4. The Balaban J connectivity index is 2.20. The standard InChI is InChI=1S/C13H18ClFN2O3S/c1-21(18,19)17-8-10-7-16-4-5-20-13(10)9-2-3-11(14)12(15)6-9/h2-3,6,10,13,16-17H,4-5,7-8H2,1H3. The number of ether oxygens (including phenoxy) is 1. The van der Waals surface area contributed by atoms with E-state index < -0.39 is 15.8 Å². The summed E-state index contributed by atoms with van der Waals surface area (Å²) in [7, 11) is -3.28. The summed E-state index contributed by atoms with van der Waals surface area (Å²) in [6.07, 6.45) is 0.718. The molecule has 1 aliphatic rings. The van der Waals surface area contributed by atoms with Crippen molar-refractivity contribution in [2.24, 2.45) is 5.92 Å². The van der Waals surface area contributed by atoms with Gasteiger partial charge in [-0.2, -0.15) is 0 Å². The zero-order valence-electron chi connectivity index (χ0n) is 11.6. The minimum atomic E-state index is -3.28. The molecule has 2 N–H and O–H groups in total. The first-order chi connectivity index (χ1) is 9.87. The Labute approximate surface area is 128 Å². The van der Waals surface area contributed by atoms with Crippen LogP contribution in [-0.4, -0.2) is 40.9 Å². The van der Waals surface area contributed by atoms with E-state index in [1.807, 2.05) is 0 Å². The topological polar surface area (TPSA) is 67.4 Å². The third-order valence-corrected chi connectivity index (χ3v) is 4.29. The molecule has 0 aromatic heterocycles. The maximum Gasteiger partial charge on any atom is 0.208 e. The Morgan fingerprint density at radius 1 is 1.52 bits per heavy atom. The summed E-state index contributed by atoms with van der Waals surface area (Å²) in [6.45, 7) is 1.95. The van der Waals surface area contributed by atoms with Crippen molar-refractivity contribution in [3.05, 3.63) is 34.6 Å². The molecule has 1 fully saturated rings. The predicted octanol–water partition coefficient (Wildman–Crippen LogP) is 1.31. The summed E-state index contributed by atoms with van der Waals surface area (Å²) in [5.41, 5.74) is 0.654. The molecule has 2 unspecified atom stereocenters. The van der Waals surface area contributed by atoms with Gasteiger partial charge >= 0.3 is 0 Å². The summed E-state index contributed by atoms with van der Waals surface area (Å²) in [4.78, 5) is 0. The first kappa shape index (κ1) is 16.6. The van der Waals surface area contributed by atoms with E-state index in [2.05, 4.69) is 10.0 Å². The molecule has 21 heavy (non-hydrogen) atoms. The first-order valence-electron chi connectivity index (χ1n) is 6.59. The Bertz CT molecular complexity index is 597. The molecule has 0 spiro atoms. The van der Waals surface area contributed by atoms with Crippen LogP contribution in [0.1, 0.15) is 11.7 Å². The Kier molecular flexibility index (Phi) is 5.56. The van der Waals surface area contributed by atoms with Crippen LogP contribution in [-0.2, 0) is 14.8 Å². The van der Waals surface area contributed by atoms with Crippen molar-refractivity contribution in [2.75, 3.05) is 32.5 Å². The third-order valence-electron chi connectivity index (χ3n) is 3.29. The van der Waals surface area contributed by atoms with Crippen LogP contribution in [0.15, 0.2) is 18.2 Å². The number of nitrogens with one attached hydrogen (secondary N) is 2. The van der Waals surface area contributed by atoms with E-state index in [1.54, 1.807) is 6.07 Å². The second-order valence-electron chi connectivity index (χ2n) is 5.05.